The lowest BCUT2D eigenvalue weighted by molar-refractivity contribution is 0.0733. The number of carbonyl (C=O) groups is 1. The van der Waals surface area contributed by atoms with Crippen molar-refractivity contribution >= 4 is 5.97 Å². The summed E-state index contributed by atoms with van der Waals surface area (Å²) in [5.41, 5.74) is 2.64. The van der Waals surface area contributed by atoms with Gasteiger partial charge in [-0.3, -0.25) is 0 Å². The van der Waals surface area contributed by atoms with Crippen molar-refractivity contribution in [3.05, 3.63) is 47.0 Å². The molecule has 0 radical (unpaired) electrons. The largest absolute Gasteiger partial charge is 0.493 e. The van der Waals surface area contributed by atoms with Crippen LogP contribution in [0, 0.1) is 6.92 Å². The van der Waals surface area contributed by atoms with Crippen molar-refractivity contribution in [1.29, 1.82) is 0 Å². The van der Waals surface area contributed by atoms with Gasteiger partial charge in [0.25, 0.3) is 0 Å². The van der Waals surface area contributed by atoms with E-state index in [0.29, 0.717) is 34.5 Å². The topological polar surface area (TPSA) is 54.0 Å². The number of carbonyl (C=O) groups excluding carboxylic acids is 1. The molecule has 0 aliphatic rings. The predicted octanol–water partition coefficient (Wildman–Crippen LogP) is 4.36. The molecule has 0 amide bonds. The van der Waals surface area contributed by atoms with Crippen LogP contribution in [0.3, 0.4) is 0 Å². The van der Waals surface area contributed by atoms with Crippen molar-refractivity contribution in [1.82, 2.24) is 0 Å². The molecule has 0 saturated carbocycles. The van der Waals surface area contributed by atoms with E-state index in [4.69, 9.17) is 18.9 Å². The smallest absolute Gasteiger partial charge is 0.343 e. The third kappa shape index (κ3) is 4.05. The molecule has 0 aliphatic heterocycles. The Labute approximate surface area is 148 Å². The monoisotopic (exact) mass is 344 g/mol. The molecular formula is C20H24O5. The fourth-order valence-electron chi connectivity index (χ4n) is 2.72. The maximum Gasteiger partial charge on any atom is 0.343 e. The Bertz CT molecular complexity index is 740. The second-order valence-corrected chi connectivity index (χ2v) is 5.98. The van der Waals surface area contributed by atoms with E-state index in [0.717, 1.165) is 5.56 Å². The summed E-state index contributed by atoms with van der Waals surface area (Å²) in [6, 6.07) is 8.79. The lowest BCUT2D eigenvalue weighted by atomic mass is 9.98. The molecule has 0 fully saturated rings. The summed E-state index contributed by atoms with van der Waals surface area (Å²) in [4.78, 5) is 12.5. The first-order chi connectivity index (χ1) is 11.9. The highest BCUT2D eigenvalue weighted by atomic mass is 16.5. The molecule has 0 aromatic heterocycles. The summed E-state index contributed by atoms with van der Waals surface area (Å²) in [7, 11) is 4.51. The number of esters is 1. The Morgan fingerprint density at radius 3 is 1.96 bits per heavy atom. The number of hydrogen-bond donors (Lipinski definition) is 0. The Balaban J connectivity index is 2.31. The first-order valence-electron chi connectivity index (χ1n) is 8.04. The van der Waals surface area contributed by atoms with Crippen molar-refractivity contribution < 1.29 is 23.7 Å². The highest BCUT2D eigenvalue weighted by molar-refractivity contribution is 5.92. The third-order valence-corrected chi connectivity index (χ3v) is 3.97. The van der Waals surface area contributed by atoms with Gasteiger partial charge in [-0.15, -0.1) is 0 Å². The molecule has 2 aromatic carbocycles. The molecule has 0 saturated heterocycles. The molecule has 0 N–H and O–H groups in total. The molecule has 0 spiro atoms. The predicted molar refractivity (Wildman–Crippen MR) is 96.3 cm³/mol. The summed E-state index contributed by atoms with van der Waals surface area (Å²) < 4.78 is 21.3. The van der Waals surface area contributed by atoms with Crippen molar-refractivity contribution in [2.75, 3.05) is 21.3 Å². The Hall–Kier alpha value is -2.69. The van der Waals surface area contributed by atoms with Gasteiger partial charge in [-0.25, -0.2) is 4.79 Å². The molecule has 25 heavy (non-hydrogen) atoms. The standard InChI is InChI=1S/C20H24O5/c1-12(2)16-8-7-15(9-13(16)3)25-20(21)14-10-17(22-4)19(24-6)18(11-14)23-5/h7-12H,1-6H3. The summed E-state index contributed by atoms with van der Waals surface area (Å²) in [6.07, 6.45) is 0. The van der Waals surface area contributed by atoms with Crippen LogP contribution < -0.4 is 18.9 Å². The van der Waals surface area contributed by atoms with Gasteiger partial charge in [0.15, 0.2) is 11.5 Å². The van der Waals surface area contributed by atoms with Crippen LogP contribution in [0.2, 0.25) is 0 Å². The van der Waals surface area contributed by atoms with E-state index in [-0.39, 0.29) is 0 Å². The zero-order valence-electron chi connectivity index (χ0n) is 15.5. The van der Waals surface area contributed by atoms with Gasteiger partial charge in [0.1, 0.15) is 5.75 Å². The van der Waals surface area contributed by atoms with Gasteiger partial charge in [-0.2, -0.15) is 0 Å². The molecular weight excluding hydrogens is 320 g/mol. The van der Waals surface area contributed by atoms with Gasteiger partial charge >= 0.3 is 5.97 Å². The summed E-state index contributed by atoms with van der Waals surface area (Å²) in [5.74, 6) is 1.66. The normalized spacial score (nSPS) is 10.5. The Morgan fingerprint density at radius 1 is 0.920 bits per heavy atom. The van der Waals surface area contributed by atoms with Crippen molar-refractivity contribution in [2.45, 2.75) is 26.7 Å². The van der Waals surface area contributed by atoms with Crippen molar-refractivity contribution in [3.8, 4) is 23.0 Å². The number of ether oxygens (including phenoxy) is 4. The quantitative estimate of drug-likeness (QED) is 0.575. The van der Waals surface area contributed by atoms with Crippen LogP contribution in [0.1, 0.15) is 41.3 Å². The number of aryl methyl sites for hydroxylation is 1. The average molecular weight is 344 g/mol. The van der Waals surface area contributed by atoms with Crippen LogP contribution in [-0.4, -0.2) is 27.3 Å². The highest BCUT2D eigenvalue weighted by Gasteiger charge is 2.18. The van der Waals surface area contributed by atoms with E-state index in [2.05, 4.69) is 13.8 Å². The minimum Gasteiger partial charge on any atom is -0.493 e. The molecule has 5 heteroatoms. The zero-order chi connectivity index (χ0) is 18.6. The number of hydrogen-bond acceptors (Lipinski definition) is 5. The molecule has 0 aliphatic carbocycles. The van der Waals surface area contributed by atoms with Crippen molar-refractivity contribution in [2.24, 2.45) is 0 Å². The van der Waals surface area contributed by atoms with E-state index < -0.39 is 5.97 Å². The maximum absolute atomic E-state index is 12.5. The fourth-order valence-corrected chi connectivity index (χ4v) is 2.72. The first-order valence-corrected chi connectivity index (χ1v) is 8.04. The zero-order valence-corrected chi connectivity index (χ0v) is 15.5. The molecule has 5 nitrogen and oxygen atoms in total. The van der Waals surface area contributed by atoms with E-state index in [9.17, 15) is 4.79 Å². The summed E-state index contributed by atoms with van der Waals surface area (Å²) in [6.45, 7) is 6.26. The number of benzene rings is 2. The first kappa shape index (κ1) is 18.6. The molecule has 0 atom stereocenters. The Morgan fingerprint density at radius 2 is 1.52 bits per heavy atom. The van der Waals surface area contributed by atoms with Gasteiger partial charge in [0, 0.05) is 0 Å². The second-order valence-electron chi connectivity index (χ2n) is 5.98. The minimum absolute atomic E-state index is 0.320. The van der Waals surface area contributed by atoms with Crippen LogP contribution in [0.5, 0.6) is 23.0 Å². The van der Waals surface area contributed by atoms with Crippen LogP contribution in [-0.2, 0) is 0 Å². The number of methoxy groups -OCH3 is 3. The number of rotatable bonds is 6. The van der Waals surface area contributed by atoms with E-state index in [1.54, 1.807) is 18.2 Å². The molecule has 0 heterocycles. The lowest BCUT2D eigenvalue weighted by Gasteiger charge is -2.14. The van der Waals surface area contributed by atoms with Gasteiger partial charge < -0.3 is 18.9 Å². The molecule has 2 rings (SSSR count). The van der Waals surface area contributed by atoms with Gasteiger partial charge in [-0.1, -0.05) is 19.9 Å². The van der Waals surface area contributed by atoms with Crippen LogP contribution >= 0.6 is 0 Å². The fraction of sp³-hybridized carbons (Fsp3) is 0.350. The van der Waals surface area contributed by atoms with E-state index >= 15 is 0 Å². The SMILES string of the molecule is COc1cc(C(=O)Oc2ccc(C(C)C)c(C)c2)cc(OC)c1OC. The highest BCUT2D eigenvalue weighted by Crippen LogP contribution is 2.38. The minimum atomic E-state index is -0.490. The van der Waals surface area contributed by atoms with E-state index in [1.807, 2.05) is 19.1 Å². The van der Waals surface area contributed by atoms with Gasteiger partial charge in [-0.05, 0) is 48.2 Å². The van der Waals surface area contributed by atoms with E-state index in [1.165, 1.54) is 26.9 Å². The average Bonchev–Trinajstić information content (AvgIpc) is 2.59. The molecule has 0 unspecified atom stereocenters. The molecule has 2 aromatic rings. The van der Waals surface area contributed by atoms with Crippen LogP contribution in [0.4, 0.5) is 0 Å². The Kier molecular flexibility index (Phi) is 5.91. The third-order valence-electron chi connectivity index (χ3n) is 3.97. The van der Waals surface area contributed by atoms with Crippen LogP contribution in [0.15, 0.2) is 30.3 Å². The summed E-state index contributed by atoms with van der Waals surface area (Å²) in [5, 5.41) is 0. The second kappa shape index (κ2) is 7.92. The summed E-state index contributed by atoms with van der Waals surface area (Å²) >= 11 is 0. The van der Waals surface area contributed by atoms with Gasteiger partial charge in [0.2, 0.25) is 5.75 Å². The molecule has 0 bridgehead atoms. The maximum atomic E-state index is 12.5. The lowest BCUT2D eigenvalue weighted by Crippen LogP contribution is -2.10. The molecule has 134 valence electrons. The van der Waals surface area contributed by atoms with Crippen LogP contribution in [0.25, 0.3) is 0 Å². The van der Waals surface area contributed by atoms with Gasteiger partial charge in [0.05, 0.1) is 26.9 Å². The van der Waals surface area contributed by atoms with Crippen molar-refractivity contribution in [3.63, 3.8) is 0 Å².